The highest BCUT2D eigenvalue weighted by molar-refractivity contribution is 5.68. The third-order valence-electron chi connectivity index (χ3n) is 2.46. The van der Waals surface area contributed by atoms with Gasteiger partial charge >= 0.3 is 5.97 Å². The predicted octanol–water partition coefficient (Wildman–Crippen LogP) is 2.45. The Balaban J connectivity index is 2.32. The zero-order valence-corrected chi connectivity index (χ0v) is 9.20. The zero-order valence-electron chi connectivity index (χ0n) is 9.20. The molecular weight excluding hydrogens is 190 g/mol. The first kappa shape index (κ1) is 11.8. The van der Waals surface area contributed by atoms with Crippen molar-refractivity contribution >= 4 is 5.97 Å². The molecular formula is C12H19NO2. The molecule has 0 radical (unpaired) electrons. The van der Waals surface area contributed by atoms with E-state index in [1.807, 2.05) is 18.2 Å². The lowest BCUT2D eigenvalue weighted by Crippen LogP contribution is -2.30. The number of allylic oxidation sites excluding steroid dienone is 3. The number of unbranched alkanes of at least 4 members (excludes halogenated alkanes) is 2. The maximum absolute atomic E-state index is 10.5. The highest BCUT2D eigenvalue weighted by atomic mass is 16.4. The number of rotatable bonds is 6. The van der Waals surface area contributed by atoms with Crippen LogP contribution < -0.4 is 5.32 Å². The number of carboxylic acids is 1. The second-order valence-electron chi connectivity index (χ2n) is 3.88. The van der Waals surface area contributed by atoms with Crippen LogP contribution in [0.4, 0.5) is 0 Å². The molecule has 1 aliphatic rings. The number of carboxylic acid groups (broad SMARTS) is 1. The van der Waals surface area contributed by atoms with Crippen molar-refractivity contribution in [3.63, 3.8) is 0 Å². The predicted molar refractivity (Wildman–Crippen MR) is 60.5 cm³/mol. The molecule has 1 aliphatic heterocycles. The van der Waals surface area contributed by atoms with Gasteiger partial charge in [0.2, 0.25) is 0 Å². The van der Waals surface area contributed by atoms with Gasteiger partial charge < -0.3 is 10.4 Å². The maximum Gasteiger partial charge on any atom is 0.305 e. The van der Waals surface area contributed by atoms with Crippen LogP contribution in [0, 0.1) is 0 Å². The van der Waals surface area contributed by atoms with E-state index in [9.17, 15) is 4.79 Å². The highest BCUT2D eigenvalue weighted by Crippen LogP contribution is 2.12. The van der Waals surface area contributed by atoms with E-state index >= 15 is 0 Å². The third-order valence-corrected chi connectivity index (χ3v) is 2.46. The van der Waals surface area contributed by atoms with Gasteiger partial charge in [0, 0.05) is 5.70 Å². The van der Waals surface area contributed by atoms with Crippen LogP contribution in [-0.2, 0) is 4.79 Å². The molecule has 1 rings (SSSR count). The van der Waals surface area contributed by atoms with Gasteiger partial charge in [0.15, 0.2) is 0 Å². The van der Waals surface area contributed by atoms with Crippen LogP contribution in [-0.4, -0.2) is 17.1 Å². The zero-order chi connectivity index (χ0) is 11.1. The lowest BCUT2D eigenvalue weighted by atomic mass is 10.1. The van der Waals surface area contributed by atoms with Crippen LogP contribution >= 0.6 is 0 Å². The molecule has 1 heterocycles. The van der Waals surface area contributed by atoms with Crippen LogP contribution in [0.25, 0.3) is 0 Å². The minimum Gasteiger partial charge on any atom is -0.481 e. The molecule has 0 saturated heterocycles. The number of carbonyl (C=O) groups is 1. The summed E-state index contributed by atoms with van der Waals surface area (Å²) in [7, 11) is 0. The minimum atomic E-state index is -0.757. The lowest BCUT2D eigenvalue weighted by molar-refractivity contribution is -0.137. The Bertz CT molecular complexity index is 269. The Morgan fingerprint density at radius 1 is 1.53 bits per heavy atom. The van der Waals surface area contributed by atoms with Gasteiger partial charge in [-0.1, -0.05) is 31.9 Å². The summed E-state index contributed by atoms with van der Waals surface area (Å²) in [6.45, 7) is 2.18. The summed E-state index contributed by atoms with van der Waals surface area (Å²) in [4.78, 5) is 10.5. The second kappa shape index (κ2) is 6.27. The topological polar surface area (TPSA) is 49.3 Å². The quantitative estimate of drug-likeness (QED) is 0.661. The van der Waals surface area contributed by atoms with Crippen LogP contribution in [0.15, 0.2) is 23.9 Å². The average Bonchev–Trinajstić information content (AvgIpc) is 2.18. The SMILES string of the molecule is CCCCCC1=CC=CC(CC(=O)O)N1. The van der Waals surface area contributed by atoms with E-state index in [2.05, 4.69) is 12.2 Å². The normalized spacial score (nSPS) is 19.5. The molecule has 2 N–H and O–H groups in total. The summed E-state index contributed by atoms with van der Waals surface area (Å²) in [6, 6.07) is -0.0378. The summed E-state index contributed by atoms with van der Waals surface area (Å²) in [5.74, 6) is -0.757. The molecule has 3 heteroatoms. The second-order valence-corrected chi connectivity index (χ2v) is 3.88. The molecule has 3 nitrogen and oxygen atoms in total. The van der Waals surface area contributed by atoms with E-state index in [-0.39, 0.29) is 12.5 Å². The van der Waals surface area contributed by atoms with Crippen molar-refractivity contribution < 1.29 is 9.90 Å². The standard InChI is InChI=1S/C12H19NO2/c1-2-3-4-6-10-7-5-8-11(13-10)9-12(14)15/h5,7-8,11,13H,2-4,6,9H2,1H3,(H,14,15). The van der Waals surface area contributed by atoms with Crippen molar-refractivity contribution in [2.75, 3.05) is 0 Å². The summed E-state index contributed by atoms with van der Waals surface area (Å²) in [5, 5.41) is 11.9. The van der Waals surface area contributed by atoms with Gasteiger partial charge in [0.05, 0.1) is 12.5 Å². The average molecular weight is 209 g/mol. The molecule has 0 fully saturated rings. The van der Waals surface area contributed by atoms with Gasteiger partial charge in [0.1, 0.15) is 0 Å². The fourth-order valence-corrected chi connectivity index (χ4v) is 1.67. The van der Waals surface area contributed by atoms with E-state index in [1.165, 1.54) is 19.3 Å². The molecule has 0 aromatic carbocycles. The first-order chi connectivity index (χ1) is 7.22. The van der Waals surface area contributed by atoms with E-state index in [0.29, 0.717) is 0 Å². The van der Waals surface area contributed by atoms with Gasteiger partial charge in [0.25, 0.3) is 0 Å². The first-order valence-corrected chi connectivity index (χ1v) is 5.58. The highest BCUT2D eigenvalue weighted by Gasteiger charge is 2.12. The molecule has 0 aromatic heterocycles. The molecule has 0 saturated carbocycles. The number of aliphatic carboxylic acids is 1. The Labute approximate surface area is 90.9 Å². The molecule has 0 amide bonds. The molecule has 1 unspecified atom stereocenters. The lowest BCUT2D eigenvalue weighted by Gasteiger charge is -2.20. The number of hydrogen-bond donors (Lipinski definition) is 2. The smallest absolute Gasteiger partial charge is 0.305 e. The molecule has 1 atom stereocenters. The van der Waals surface area contributed by atoms with Crippen molar-refractivity contribution in [3.05, 3.63) is 23.9 Å². The molecule has 15 heavy (non-hydrogen) atoms. The Hall–Kier alpha value is -1.25. The van der Waals surface area contributed by atoms with Crippen LogP contribution in [0.5, 0.6) is 0 Å². The largest absolute Gasteiger partial charge is 0.481 e. The Kier molecular flexibility index (Phi) is 4.95. The van der Waals surface area contributed by atoms with Gasteiger partial charge in [-0.25, -0.2) is 0 Å². The van der Waals surface area contributed by atoms with Crippen molar-refractivity contribution in [1.29, 1.82) is 0 Å². The van der Waals surface area contributed by atoms with E-state index < -0.39 is 5.97 Å². The van der Waals surface area contributed by atoms with Crippen LogP contribution in [0.3, 0.4) is 0 Å². The van der Waals surface area contributed by atoms with Crippen molar-refractivity contribution in [2.45, 2.75) is 45.1 Å². The fourth-order valence-electron chi connectivity index (χ4n) is 1.67. The molecule has 0 aliphatic carbocycles. The van der Waals surface area contributed by atoms with E-state index in [4.69, 9.17) is 5.11 Å². The van der Waals surface area contributed by atoms with Crippen molar-refractivity contribution in [3.8, 4) is 0 Å². The summed E-state index contributed by atoms with van der Waals surface area (Å²) in [5.41, 5.74) is 1.16. The number of dihydropyridines is 1. The molecule has 0 bridgehead atoms. The Morgan fingerprint density at radius 3 is 3.00 bits per heavy atom. The first-order valence-electron chi connectivity index (χ1n) is 5.58. The number of hydrogen-bond acceptors (Lipinski definition) is 2. The molecule has 84 valence electrons. The molecule has 0 spiro atoms. The summed E-state index contributed by atoms with van der Waals surface area (Å²) >= 11 is 0. The maximum atomic E-state index is 10.5. The van der Waals surface area contributed by atoms with Gasteiger partial charge in [-0.15, -0.1) is 0 Å². The van der Waals surface area contributed by atoms with E-state index in [0.717, 1.165) is 12.1 Å². The van der Waals surface area contributed by atoms with Crippen LogP contribution in [0.2, 0.25) is 0 Å². The summed E-state index contributed by atoms with van der Waals surface area (Å²) in [6.07, 6.45) is 10.7. The number of nitrogens with one attached hydrogen (secondary N) is 1. The fraction of sp³-hybridized carbons (Fsp3) is 0.583. The minimum absolute atomic E-state index is 0.0378. The Morgan fingerprint density at radius 2 is 2.33 bits per heavy atom. The summed E-state index contributed by atoms with van der Waals surface area (Å²) < 4.78 is 0. The van der Waals surface area contributed by atoms with Crippen LogP contribution in [0.1, 0.15) is 39.0 Å². The van der Waals surface area contributed by atoms with Gasteiger partial charge in [-0.2, -0.15) is 0 Å². The third kappa shape index (κ3) is 4.68. The van der Waals surface area contributed by atoms with Gasteiger partial charge in [-0.3, -0.25) is 4.79 Å². The van der Waals surface area contributed by atoms with Crippen molar-refractivity contribution in [2.24, 2.45) is 0 Å². The monoisotopic (exact) mass is 209 g/mol. The molecule has 0 aromatic rings. The van der Waals surface area contributed by atoms with Crippen molar-refractivity contribution in [1.82, 2.24) is 5.32 Å². The van der Waals surface area contributed by atoms with E-state index in [1.54, 1.807) is 0 Å². The van der Waals surface area contributed by atoms with Gasteiger partial charge in [-0.05, 0) is 18.9 Å².